The van der Waals surface area contributed by atoms with Crippen molar-refractivity contribution in [3.05, 3.63) is 52.0 Å². The quantitative estimate of drug-likeness (QED) is 0.596. The summed E-state index contributed by atoms with van der Waals surface area (Å²) in [7, 11) is 0. The third-order valence-corrected chi connectivity index (χ3v) is 6.94. The molecular formula is C23H27N3OS. The summed E-state index contributed by atoms with van der Waals surface area (Å²) in [6, 6.07) is 9.93. The lowest BCUT2D eigenvalue weighted by Gasteiger charge is -2.34. The van der Waals surface area contributed by atoms with Gasteiger partial charge in [-0.25, -0.2) is 4.98 Å². The second-order valence-corrected chi connectivity index (χ2v) is 9.92. The Hall–Kier alpha value is -2.40. The van der Waals surface area contributed by atoms with Crippen molar-refractivity contribution in [3.8, 4) is 0 Å². The summed E-state index contributed by atoms with van der Waals surface area (Å²) in [6.07, 6.45) is 3.19. The average Bonchev–Trinajstić information content (AvgIpc) is 2.96. The van der Waals surface area contributed by atoms with Crippen LogP contribution in [0.2, 0.25) is 0 Å². The topological polar surface area (TPSA) is 68.0 Å². The van der Waals surface area contributed by atoms with Crippen LogP contribution in [0.5, 0.6) is 0 Å². The summed E-state index contributed by atoms with van der Waals surface area (Å²) in [5.41, 5.74) is 11.6. The predicted molar refractivity (Wildman–Crippen MR) is 118 cm³/mol. The summed E-state index contributed by atoms with van der Waals surface area (Å²) in [5.74, 6) is 0.471. The molecule has 1 aromatic carbocycles. The molecule has 5 heteroatoms. The Kier molecular flexibility index (Phi) is 4.66. The van der Waals surface area contributed by atoms with Crippen LogP contribution >= 0.6 is 11.3 Å². The second kappa shape index (κ2) is 6.89. The number of rotatable bonds is 2. The number of fused-ring (bicyclic) bond motifs is 2. The molecule has 0 spiro atoms. The van der Waals surface area contributed by atoms with Gasteiger partial charge in [0.25, 0.3) is 5.91 Å². The number of nitrogen functional groups attached to an aromatic ring is 1. The van der Waals surface area contributed by atoms with E-state index < -0.39 is 0 Å². The monoisotopic (exact) mass is 393 g/mol. The molecule has 3 N–H and O–H groups in total. The van der Waals surface area contributed by atoms with E-state index in [1.165, 1.54) is 22.6 Å². The molecule has 0 unspecified atom stereocenters. The molecule has 146 valence electrons. The van der Waals surface area contributed by atoms with E-state index in [0.717, 1.165) is 40.7 Å². The van der Waals surface area contributed by atoms with Gasteiger partial charge in [-0.1, -0.05) is 38.5 Å². The molecule has 28 heavy (non-hydrogen) atoms. The van der Waals surface area contributed by atoms with Crippen molar-refractivity contribution in [2.24, 2.45) is 11.3 Å². The summed E-state index contributed by atoms with van der Waals surface area (Å²) >= 11 is 1.39. The van der Waals surface area contributed by atoms with E-state index in [9.17, 15) is 4.79 Å². The number of hydrogen-bond acceptors (Lipinski definition) is 4. The number of amides is 1. The van der Waals surface area contributed by atoms with Crippen LogP contribution in [0.15, 0.2) is 30.3 Å². The van der Waals surface area contributed by atoms with Crippen molar-refractivity contribution in [1.29, 1.82) is 0 Å². The summed E-state index contributed by atoms with van der Waals surface area (Å²) in [4.78, 5) is 19.1. The van der Waals surface area contributed by atoms with Gasteiger partial charge in [0, 0.05) is 16.8 Å². The number of carbonyl (C=O) groups is 1. The predicted octanol–water partition coefficient (Wildman–Crippen LogP) is 5.59. The first-order valence-electron chi connectivity index (χ1n) is 9.81. The van der Waals surface area contributed by atoms with Gasteiger partial charge in [0.1, 0.15) is 9.71 Å². The van der Waals surface area contributed by atoms with Gasteiger partial charge in [0.2, 0.25) is 0 Å². The fraction of sp³-hybridized carbons (Fsp3) is 0.391. The highest BCUT2D eigenvalue weighted by Crippen LogP contribution is 2.40. The maximum atomic E-state index is 12.8. The number of nitrogens with two attached hydrogens (primary N) is 1. The van der Waals surface area contributed by atoms with Crippen molar-refractivity contribution < 1.29 is 4.79 Å². The molecule has 0 saturated carbocycles. The van der Waals surface area contributed by atoms with Crippen LogP contribution in [0.4, 0.5) is 11.4 Å². The molecule has 4 rings (SSSR count). The van der Waals surface area contributed by atoms with E-state index in [1.54, 1.807) is 0 Å². The highest BCUT2D eigenvalue weighted by atomic mass is 32.1. The smallest absolute Gasteiger partial charge is 0.267 e. The van der Waals surface area contributed by atoms with Gasteiger partial charge in [-0.3, -0.25) is 4.79 Å². The minimum Gasteiger partial charge on any atom is -0.397 e. The number of aromatic nitrogens is 1. The van der Waals surface area contributed by atoms with Crippen molar-refractivity contribution in [3.63, 3.8) is 0 Å². The number of pyridine rings is 1. The molecule has 1 amide bonds. The van der Waals surface area contributed by atoms with E-state index in [1.807, 2.05) is 31.2 Å². The minimum absolute atomic E-state index is 0.171. The summed E-state index contributed by atoms with van der Waals surface area (Å²) < 4.78 is 0. The van der Waals surface area contributed by atoms with E-state index in [-0.39, 0.29) is 11.3 Å². The molecule has 0 aliphatic heterocycles. The Morgan fingerprint density at radius 1 is 1.25 bits per heavy atom. The Labute approximate surface area is 170 Å². The lowest BCUT2D eigenvalue weighted by molar-refractivity contribution is 0.103. The van der Waals surface area contributed by atoms with Crippen LogP contribution in [-0.4, -0.2) is 10.9 Å². The first kappa shape index (κ1) is 18.9. The number of thiophene rings is 1. The van der Waals surface area contributed by atoms with Gasteiger partial charge < -0.3 is 11.1 Å². The third kappa shape index (κ3) is 3.51. The standard InChI is InChI=1S/C23H27N3OS/c1-13-5-8-16(9-6-13)25-21(27)20-19(24)17-12-14-11-15(23(2,3)4)7-10-18(14)26-22(17)28-20/h5-6,8-9,12,15H,7,10-11,24H2,1-4H3,(H,25,27)/t15-/m0/s1. The SMILES string of the molecule is Cc1ccc(NC(=O)c2sc3nc4c(cc3c2N)C[C@@H](C(C)(C)C)CC4)cc1. The van der Waals surface area contributed by atoms with Crippen LogP contribution in [-0.2, 0) is 12.8 Å². The lowest BCUT2D eigenvalue weighted by atomic mass is 9.71. The van der Waals surface area contributed by atoms with Gasteiger partial charge in [-0.2, -0.15) is 0 Å². The van der Waals surface area contributed by atoms with Gasteiger partial charge in [0.05, 0.1) is 5.69 Å². The fourth-order valence-corrected chi connectivity index (χ4v) is 4.91. The van der Waals surface area contributed by atoms with Crippen LogP contribution in [0.25, 0.3) is 10.2 Å². The number of nitrogens with one attached hydrogen (secondary N) is 1. The molecule has 1 aliphatic rings. The van der Waals surface area contributed by atoms with Crippen LogP contribution in [0, 0.1) is 18.3 Å². The van der Waals surface area contributed by atoms with Crippen LogP contribution in [0.1, 0.15) is 53.7 Å². The van der Waals surface area contributed by atoms with E-state index in [0.29, 0.717) is 16.5 Å². The van der Waals surface area contributed by atoms with E-state index >= 15 is 0 Å². The molecule has 1 atom stereocenters. The maximum Gasteiger partial charge on any atom is 0.267 e. The number of benzene rings is 1. The molecule has 0 bridgehead atoms. The van der Waals surface area contributed by atoms with Crippen LogP contribution in [0.3, 0.4) is 0 Å². The molecule has 0 saturated heterocycles. The Morgan fingerprint density at radius 2 is 1.96 bits per heavy atom. The van der Waals surface area contributed by atoms with E-state index in [2.05, 4.69) is 32.2 Å². The minimum atomic E-state index is -0.171. The average molecular weight is 394 g/mol. The first-order chi connectivity index (χ1) is 13.2. The number of hydrogen-bond donors (Lipinski definition) is 2. The zero-order valence-corrected chi connectivity index (χ0v) is 17.7. The number of anilines is 2. The molecule has 2 aromatic heterocycles. The first-order valence-corrected chi connectivity index (χ1v) is 10.6. The summed E-state index contributed by atoms with van der Waals surface area (Å²) in [6.45, 7) is 8.94. The van der Waals surface area contributed by atoms with E-state index in [4.69, 9.17) is 10.7 Å². The van der Waals surface area contributed by atoms with Gasteiger partial charge in [0.15, 0.2) is 0 Å². The van der Waals surface area contributed by atoms with Crippen molar-refractivity contribution in [2.45, 2.75) is 47.0 Å². The molecule has 3 aromatic rings. The fourth-order valence-electron chi connectivity index (χ4n) is 3.92. The third-order valence-electron chi connectivity index (χ3n) is 5.83. The highest BCUT2D eigenvalue weighted by molar-refractivity contribution is 7.21. The zero-order chi connectivity index (χ0) is 20.1. The molecule has 0 radical (unpaired) electrons. The molecule has 4 nitrogen and oxygen atoms in total. The van der Waals surface area contributed by atoms with Crippen molar-refractivity contribution >= 4 is 38.8 Å². The molecule has 2 heterocycles. The van der Waals surface area contributed by atoms with Gasteiger partial charge >= 0.3 is 0 Å². The summed E-state index contributed by atoms with van der Waals surface area (Å²) in [5, 5.41) is 3.86. The highest BCUT2D eigenvalue weighted by Gasteiger charge is 2.30. The lowest BCUT2D eigenvalue weighted by Crippen LogP contribution is -2.27. The largest absolute Gasteiger partial charge is 0.397 e. The molecular weight excluding hydrogens is 366 g/mol. The van der Waals surface area contributed by atoms with Gasteiger partial charge in [-0.15, -0.1) is 11.3 Å². The number of aryl methyl sites for hydroxylation is 2. The van der Waals surface area contributed by atoms with Crippen molar-refractivity contribution in [2.75, 3.05) is 11.1 Å². The molecule has 1 aliphatic carbocycles. The Balaban J connectivity index is 1.65. The second-order valence-electron chi connectivity index (χ2n) is 8.92. The number of carbonyl (C=O) groups excluding carboxylic acids is 1. The number of nitrogens with zero attached hydrogens (tertiary/aromatic N) is 1. The normalized spacial score (nSPS) is 16.8. The van der Waals surface area contributed by atoms with Crippen molar-refractivity contribution in [1.82, 2.24) is 4.98 Å². The zero-order valence-electron chi connectivity index (χ0n) is 16.9. The maximum absolute atomic E-state index is 12.8. The van der Waals surface area contributed by atoms with Crippen LogP contribution < -0.4 is 11.1 Å². The van der Waals surface area contributed by atoms with Gasteiger partial charge in [-0.05, 0) is 61.3 Å². The Morgan fingerprint density at radius 3 is 2.64 bits per heavy atom. The Bertz CT molecular complexity index is 1040. The molecule has 0 fully saturated rings.